The van der Waals surface area contributed by atoms with Crippen molar-refractivity contribution in [2.75, 3.05) is 6.61 Å². The molecule has 0 unspecified atom stereocenters. The molecule has 0 aromatic heterocycles. The molecule has 4 nitrogen and oxygen atoms in total. The van der Waals surface area contributed by atoms with E-state index in [1.807, 2.05) is 42.5 Å². The molecule has 1 aliphatic heterocycles. The lowest BCUT2D eigenvalue weighted by Gasteiger charge is -2.13. The van der Waals surface area contributed by atoms with Crippen molar-refractivity contribution >= 4 is 60.8 Å². The van der Waals surface area contributed by atoms with Gasteiger partial charge in [0.15, 0.2) is 0 Å². The molecule has 146 valence electrons. The van der Waals surface area contributed by atoms with E-state index in [9.17, 15) is 9.59 Å². The fraction of sp³-hybridized carbons (Fsp3) is 0.238. The molecule has 0 aliphatic carbocycles. The Morgan fingerprint density at radius 1 is 1.11 bits per heavy atom. The number of carbonyl (C=O) groups is 2. The normalized spacial score (nSPS) is 15.8. The van der Waals surface area contributed by atoms with E-state index in [0.29, 0.717) is 17.4 Å². The molecule has 0 N–H and O–H groups in total. The van der Waals surface area contributed by atoms with Crippen LogP contribution in [-0.2, 0) is 11.3 Å². The van der Waals surface area contributed by atoms with Gasteiger partial charge in [-0.2, -0.15) is 0 Å². The van der Waals surface area contributed by atoms with E-state index in [-0.39, 0.29) is 17.7 Å². The molecule has 0 spiro atoms. The van der Waals surface area contributed by atoms with Gasteiger partial charge in [-0.3, -0.25) is 14.5 Å². The van der Waals surface area contributed by atoms with E-state index in [4.69, 9.17) is 4.74 Å². The van der Waals surface area contributed by atoms with E-state index in [1.54, 1.807) is 6.08 Å². The summed E-state index contributed by atoms with van der Waals surface area (Å²) in [6.07, 6.45) is 1.74. The number of hydrogen-bond acceptors (Lipinski definition) is 4. The Labute approximate surface area is 185 Å². The van der Waals surface area contributed by atoms with Crippen molar-refractivity contribution in [3.63, 3.8) is 0 Å². The minimum absolute atomic E-state index is 0.245. The molecule has 7 heteroatoms. The highest BCUT2D eigenvalue weighted by molar-refractivity contribution is 9.10. The number of hydrogen-bond donors (Lipinski definition) is 0. The molecule has 1 aliphatic rings. The number of nitrogens with zero attached hydrogens (tertiary/aromatic N) is 1. The molecule has 28 heavy (non-hydrogen) atoms. The maximum Gasteiger partial charge on any atom is 0.293 e. The van der Waals surface area contributed by atoms with Crippen LogP contribution in [0.4, 0.5) is 4.79 Å². The Balaban J connectivity index is 1.76. The van der Waals surface area contributed by atoms with Crippen molar-refractivity contribution in [3.8, 4) is 5.75 Å². The summed E-state index contributed by atoms with van der Waals surface area (Å²) in [4.78, 5) is 26.8. The highest BCUT2D eigenvalue weighted by Gasteiger charge is 2.35. The molecule has 2 amide bonds. The largest absolute Gasteiger partial charge is 0.492 e. The Bertz CT molecular complexity index is 943. The average Bonchev–Trinajstić information content (AvgIpc) is 2.90. The third kappa shape index (κ3) is 5.07. The SMILES string of the molecule is CC(C)COc1ccc(/C=C2/SC(=O)N(Cc3ccccc3Br)C2=O)cc1Br. The minimum Gasteiger partial charge on any atom is -0.492 e. The van der Waals surface area contributed by atoms with Gasteiger partial charge in [0.2, 0.25) is 0 Å². The van der Waals surface area contributed by atoms with Crippen molar-refractivity contribution in [3.05, 3.63) is 67.4 Å². The first-order valence-corrected chi connectivity index (χ1v) is 11.2. The quantitative estimate of drug-likeness (QED) is 0.405. The summed E-state index contributed by atoms with van der Waals surface area (Å²) in [6.45, 7) is 5.06. The van der Waals surface area contributed by atoms with Crippen LogP contribution in [0, 0.1) is 5.92 Å². The fourth-order valence-electron chi connectivity index (χ4n) is 2.57. The van der Waals surface area contributed by atoms with Crippen LogP contribution in [-0.4, -0.2) is 22.7 Å². The molecule has 2 aromatic rings. The molecule has 0 radical (unpaired) electrons. The molecular weight excluding hydrogens is 506 g/mol. The number of thioether (sulfide) groups is 1. The van der Waals surface area contributed by atoms with Gasteiger partial charge in [0.05, 0.1) is 22.5 Å². The zero-order valence-electron chi connectivity index (χ0n) is 15.4. The standard InChI is InChI=1S/C21H19Br2NO3S/c1-13(2)12-27-18-8-7-14(9-17(18)23)10-19-20(25)24(21(26)28-19)11-15-5-3-4-6-16(15)22/h3-10,13H,11-12H2,1-2H3/b19-10+. The maximum absolute atomic E-state index is 12.7. The summed E-state index contributed by atoms with van der Waals surface area (Å²) in [6, 6.07) is 13.2. The summed E-state index contributed by atoms with van der Waals surface area (Å²) in [5.41, 5.74) is 1.72. The molecule has 0 saturated carbocycles. The van der Waals surface area contributed by atoms with Crippen molar-refractivity contribution in [1.29, 1.82) is 0 Å². The molecular formula is C21H19Br2NO3S. The van der Waals surface area contributed by atoms with Crippen LogP contribution in [0.15, 0.2) is 56.3 Å². The predicted molar refractivity (Wildman–Crippen MR) is 120 cm³/mol. The van der Waals surface area contributed by atoms with Crippen molar-refractivity contribution < 1.29 is 14.3 Å². The highest BCUT2D eigenvalue weighted by atomic mass is 79.9. The van der Waals surface area contributed by atoms with Gasteiger partial charge in [-0.25, -0.2) is 0 Å². The molecule has 0 atom stereocenters. The van der Waals surface area contributed by atoms with E-state index >= 15 is 0 Å². The van der Waals surface area contributed by atoms with Gasteiger partial charge >= 0.3 is 0 Å². The Morgan fingerprint density at radius 2 is 1.86 bits per heavy atom. The van der Waals surface area contributed by atoms with Crippen molar-refractivity contribution in [2.24, 2.45) is 5.92 Å². The summed E-state index contributed by atoms with van der Waals surface area (Å²) in [5, 5.41) is -0.261. The third-order valence-corrected chi connectivity index (χ3v) is 6.29. The third-order valence-electron chi connectivity index (χ3n) is 3.99. The van der Waals surface area contributed by atoms with Crippen molar-refractivity contribution in [1.82, 2.24) is 4.90 Å². The van der Waals surface area contributed by atoms with Crippen LogP contribution in [0.1, 0.15) is 25.0 Å². The van der Waals surface area contributed by atoms with Gasteiger partial charge in [-0.05, 0) is 69.0 Å². The highest BCUT2D eigenvalue weighted by Crippen LogP contribution is 2.35. The smallest absolute Gasteiger partial charge is 0.293 e. The van der Waals surface area contributed by atoms with E-state index in [2.05, 4.69) is 45.7 Å². The Morgan fingerprint density at radius 3 is 2.54 bits per heavy atom. The van der Waals surface area contributed by atoms with Gasteiger partial charge < -0.3 is 4.74 Å². The number of amides is 2. The molecule has 2 aromatic carbocycles. The lowest BCUT2D eigenvalue weighted by Crippen LogP contribution is -2.27. The van der Waals surface area contributed by atoms with Crippen LogP contribution in [0.25, 0.3) is 6.08 Å². The van der Waals surface area contributed by atoms with Crippen LogP contribution < -0.4 is 4.74 Å². The molecule has 1 saturated heterocycles. The monoisotopic (exact) mass is 523 g/mol. The molecule has 1 heterocycles. The summed E-state index contributed by atoms with van der Waals surface area (Å²) in [7, 11) is 0. The van der Waals surface area contributed by atoms with Crippen LogP contribution in [0.5, 0.6) is 5.75 Å². The number of rotatable bonds is 6. The lowest BCUT2D eigenvalue weighted by atomic mass is 10.2. The first-order valence-electron chi connectivity index (χ1n) is 8.76. The van der Waals surface area contributed by atoms with Gasteiger partial charge in [0, 0.05) is 4.47 Å². The topological polar surface area (TPSA) is 46.6 Å². The van der Waals surface area contributed by atoms with Gasteiger partial charge in [0.25, 0.3) is 11.1 Å². The van der Waals surface area contributed by atoms with Crippen LogP contribution >= 0.6 is 43.6 Å². The number of benzene rings is 2. The zero-order chi connectivity index (χ0) is 20.3. The second-order valence-corrected chi connectivity index (χ2v) is 9.46. The summed E-state index contributed by atoms with van der Waals surface area (Å²) < 4.78 is 7.44. The first-order chi connectivity index (χ1) is 13.3. The lowest BCUT2D eigenvalue weighted by molar-refractivity contribution is -0.123. The number of halogens is 2. The Kier molecular flexibility index (Phi) is 7.01. The minimum atomic E-state index is -0.276. The second-order valence-electron chi connectivity index (χ2n) is 6.75. The summed E-state index contributed by atoms with van der Waals surface area (Å²) >= 11 is 7.93. The van der Waals surface area contributed by atoms with Gasteiger partial charge in [-0.1, -0.05) is 54.0 Å². The van der Waals surface area contributed by atoms with E-state index < -0.39 is 0 Å². The fourth-order valence-corrected chi connectivity index (χ4v) is 4.32. The molecule has 0 bridgehead atoms. The van der Waals surface area contributed by atoms with Crippen LogP contribution in [0.3, 0.4) is 0 Å². The Hall–Kier alpha value is -1.57. The predicted octanol–water partition coefficient (Wildman–Crippen LogP) is 6.48. The number of imide groups is 1. The van der Waals surface area contributed by atoms with Crippen molar-refractivity contribution in [2.45, 2.75) is 20.4 Å². The van der Waals surface area contributed by atoms with E-state index in [1.165, 1.54) is 4.90 Å². The number of ether oxygens (including phenoxy) is 1. The average molecular weight is 525 g/mol. The first kappa shape index (κ1) is 21.1. The van der Waals surface area contributed by atoms with Crippen LogP contribution in [0.2, 0.25) is 0 Å². The zero-order valence-corrected chi connectivity index (χ0v) is 19.4. The molecule has 3 rings (SSSR count). The maximum atomic E-state index is 12.7. The van der Waals surface area contributed by atoms with Gasteiger partial charge in [0.1, 0.15) is 5.75 Å². The van der Waals surface area contributed by atoms with E-state index in [0.717, 1.165) is 37.6 Å². The summed E-state index contributed by atoms with van der Waals surface area (Å²) in [5.74, 6) is 0.915. The van der Waals surface area contributed by atoms with Gasteiger partial charge in [-0.15, -0.1) is 0 Å². The molecule has 1 fully saturated rings. The second kappa shape index (κ2) is 9.29. The number of carbonyl (C=O) groups excluding carboxylic acids is 2.